The summed E-state index contributed by atoms with van der Waals surface area (Å²) in [6, 6.07) is 6.52. The molecule has 1 saturated heterocycles. The number of non-ortho nitro benzene ring substituents is 1. The number of nitrogens with zero attached hydrogens (tertiary/aromatic N) is 2. The van der Waals surface area contributed by atoms with E-state index < -0.39 is 14.8 Å². The SMILES string of the molecule is CCCN(Cc1ccc([N+](=O)[O-])cc1)[C@@H]1CCS(=O)(=O)C1. The summed E-state index contributed by atoms with van der Waals surface area (Å²) in [4.78, 5) is 12.4. The minimum Gasteiger partial charge on any atom is -0.295 e. The summed E-state index contributed by atoms with van der Waals surface area (Å²) in [5.41, 5.74) is 1.04. The summed E-state index contributed by atoms with van der Waals surface area (Å²) in [6.07, 6.45) is 1.62. The molecular weight excluding hydrogens is 292 g/mol. The molecule has 6 nitrogen and oxygen atoms in total. The van der Waals surface area contributed by atoms with Crippen molar-refractivity contribution in [2.24, 2.45) is 0 Å². The maximum Gasteiger partial charge on any atom is 0.269 e. The average molecular weight is 312 g/mol. The van der Waals surface area contributed by atoms with Crippen LogP contribution in [0.3, 0.4) is 0 Å². The van der Waals surface area contributed by atoms with Crippen LogP contribution >= 0.6 is 0 Å². The zero-order chi connectivity index (χ0) is 15.5. The Morgan fingerprint density at radius 2 is 2.00 bits per heavy atom. The van der Waals surface area contributed by atoms with Gasteiger partial charge in [0.15, 0.2) is 9.84 Å². The van der Waals surface area contributed by atoms with Crippen LogP contribution in [0.1, 0.15) is 25.3 Å². The monoisotopic (exact) mass is 312 g/mol. The van der Waals surface area contributed by atoms with E-state index in [2.05, 4.69) is 11.8 Å². The number of sulfone groups is 1. The number of hydrogen-bond donors (Lipinski definition) is 0. The number of nitro groups is 1. The summed E-state index contributed by atoms with van der Waals surface area (Å²) < 4.78 is 23.2. The smallest absolute Gasteiger partial charge is 0.269 e. The second kappa shape index (κ2) is 6.53. The molecule has 21 heavy (non-hydrogen) atoms. The van der Waals surface area contributed by atoms with Crippen molar-refractivity contribution < 1.29 is 13.3 Å². The molecule has 1 aromatic carbocycles. The van der Waals surface area contributed by atoms with E-state index in [0.717, 1.165) is 18.5 Å². The Kier molecular flexibility index (Phi) is 4.95. The predicted molar refractivity (Wildman–Crippen MR) is 80.9 cm³/mol. The van der Waals surface area contributed by atoms with Gasteiger partial charge < -0.3 is 0 Å². The fourth-order valence-electron chi connectivity index (χ4n) is 2.70. The summed E-state index contributed by atoms with van der Waals surface area (Å²) in [6.45, 7) is 3.52. The van der Waals surface area contributed by atoms with Crippen LogP contribution < -0.4 is 0 Å². The number of hydrogen-bond acceptors (Lipinski definition) is 5. The molecule has 0 aliphatic carbocycles. The highest BCUT2D eigenvalue weighted by Crippen LogP contribution is 2.21. The molecule has 1 fully saturated rings. The van der Waals surface area contributed by atoms with Gasteiger partial charge in [0, 0.05) is 24.7 Å². The van der Waals surface area contributed by atoms with Gasteiger partial charge >= 0.3 is 0 Å². The fourth-order valence-corrected chi connectivity index (χ4v) is 4.46. The van der Waals surface area contributed by atoms with Gasteiger partial charge in [-0.05, 0) is 24.9 Å². The van der Waals surface area contributed by atoms with Gasteiger partial charge in [-0.25, -0.2) is 8.42 Å². The normalized spacial score (nSPS) is 20.8. The van der Waals surface area contributed by atoms with Gasteiger partial charge in [0.1, 0.15) is 0 Å². The molecule has 1 heterocycles. The quantitative estimate of drug-likeness (QED) is 0.593. The van der Waals surface area contributed by atoms with Crippen molar-refractivity contribution in [2.45, 2.75) is 32.4 Å². The van der Waals surface area contributed by atoms with Gasteiger partial charge in [-0.1, -0.05) is 19.1 Å². The summed E-state index contributed by atoms with van der Waals surface area (Å²) >= 11 is 0. The first-order valence-corrected chi connectivity index (χ1v) is 8.91. The van der Waals surface area contributed by atoms with Gasteiger partial charge in [0.25, 0.3) is 5.69 Å². The van der Waals surface area contributed by atoms with E-state index in [1.54, 1.807) is 12.1 Å². The summed E-state index contributed by atoms with van der Waals surface area (Å²) in [5, 5.41) is 10.6. The Hall–Kier alpha value is -1.47. The highest BCUT2D eigenvalue weighted by Gasteiger charge is 2.31. The largest absolute Gasteiger partial charge is 0.295 e. The molecule has 7 heteroatoms. The molecule has 0 aromatic heterocycles. The van der Waals surface area contributed by atoms with Crippen molar-refractivity contribution >= 4 is 15.5 Å². The third kappa shape index (κ3) is 4.25. The lowest BCUT2D eigenvalue weighted by atomic mass is 10.1. The first-order chi connectivity index (χ1) is 9.91. The van der Waals surface area contributed by atoms with Gasteiger partial charge in [-0.3, -0.25) is 15.0 Å². The number of benzene rings is 1. The minimum atomic E-state index is -2.90. The maximum absolute atomic E-state index is 11.6. The predicted octanol–water partition coefficient (Wildman–Crippen LogP) is 1.99. The van der Waals surface area contributed by atoms with Crippen LogP contribution in [0, 0.1) is 10.1 Å². The van der Waals surface area contributed by atoms with E-state index in [4.69, 9.17) is 0 Å². The maximum atomic E-state index is 11.6. The fraction of sp³-hybridized carbons (Fsp3) is 0.571. The summed E-state index contributed by atoms with van der Waals surface area (Å²) in [5.74, 6) is 0.484. The second-order valence-electron chi connectivity index (χ2n) is 5.45. The van der Waals surface area contributed by atoms with Crippen molar-refractivity contribution in [2.75, 3.05) is 18.1 Å². The van der Waals surface area contributed by atoms with Crippen molar-refractivity contribution in [1.82, 2.24) is 4.90 Å². The van der Waals surface area contributed by atoms with Crippen LogP contribution in [0.4, 0.5) is 5.69 Å². The van der Waals surface area contributed by atoms with E-state index in [-0.39, 0.29) is 23.2 Å². The average Bonchev–Trinajstić information content (AvgIpc) is 2.79. The Labute approximate surface area is 124 Å². The molecule has 0 unspecified atom stereocenters. The van der Waals surface area contributed by atoms with E-state index in [9.17, 15) is 18.5 Å². The summed E-state index contributed by atoms with van der Waals surface area (Å²) in [7, 11) is -2.90. The van der Waals surface area contributed by atoms with Crippen molar-refractivity contribution in [3.8, 4) is 0 Å². The molecule has 0 radical (unpaired) electrons. The van der Waals surface area contributed by atoms with Crippen LogP contribution in [0.2, 0.25) is 0 Å². The van der Waals surface area contributed by atoms with E-state index >= 15 is 0 Å². The Morgan fingerprint density at radius 3 is 2.48 bits per heavy atom. The highest BCUT2D eigenvalue weighted by atomic mass is 32.2. The molecule has 1 aromatic rings. The zero-order valence-corrected chi connectivity index (χ0v) is 12.9. The number of rotatable bonds is 6. The lowest BCUT2D eigenvalue weighted by Gasteiger charge is -2.27. The van der Waals surface area contributed by atoms with Crippen molar-refractivity contribution in [1.29, 1.82) is 0 Å². The molecule has 0 spiro atoms. The standard InChI is InChI=1S/C14H20N2O4S/c1-2-8-15(14-7-9-21(19,20)11-14)10-12-3-5-13(6-4-12)16(17)18/h3-6,14H,2,7-11H2,1H3/t14-/m1/s1. The highest BCUT2D eigenvalue weighted by molar-refractivity contribution is 7.91. The van der Waals surface area contributed by atoms with Crippen molar-refractivity contribution in [3.63, 3.8) is 0 Å². The second-order valence-corrected chi connectivity index (χ2v) is 7.68. The molecule has 0 saturated carbocycles. The van der Waals surface area contributed by atoms with Crippen LogP contribution in [-0.4, -0.2) is 42.3 Å². The molecule has 0 N–H and O–H groups in total. The van der Waals surface area contributed by atoms with Crippen molar-refractivity contribution in [3.05, 3.63) is 39.9 Å². The molecular formula is C14H20N2O4S. The molecule has 0 bridgehead atoms. The third-order valence-corrected chi connectivity index (χ3v) is 5.52. The zero-order valence-electron chi connectivity index (χ0n) is 12.1. The molecule has 1 aliphatic heterocycles. The van der Waals surface area contributed by atoms with Crippen LogP contribution in [-0.2, 0) is 16.4 Å². The minimum absolute atomic E-state index is 0.0603. The lowest BCUT2D eigenvalue weighted by molar-refractivity contribution is -0.384. The van der Waals surface area contributed by atoms with Crippen LogP contribution in [0.25, 0.3) is 0 Å². The van der Waals surface area contributed by atoms with E-state index in [1.165, 1.54) is 12.1 Å². The Balaban J connectivity index is 2.07. The van der Waals surface area contributed by atoms with E-state index in [1.807, 2.05) is 0 Å². The first kappa shape index (κ1) is 15.9. The molecule has 116 valence electrons. The Bertz CT molecular complexity index is 598. The van der Waals surface area contributed by atoms with Gasteiger partial charge in [0.05, 0.1) is 16.4 Å². The van der Waals surface area contributed by atoms with Crippen LogP contribution in [0.15, 0.2) is 24.3 Å². The van der Waals surface area contributed by atoms with Crippen LogP contribution in [0.5, 0.6) is 0 Å². The van der Waals surface area contributed by atoms with Gasteiger partial charge in [-0.2, -0.15) is 0 Å². The molecule has 2 rings (SSSR count). The van der Waals surface area contributed by atoms with Gasteiger partial charge in [-0.15, -0.1) is 0 Å². The Morgan fingerprint density at radius 1 is 1.33 bits per heavy atom. The number of nitro benzene ring substituents is 1. The molecule has 1 atom stereocenters. The first-order valence-electron chi connectivity index (χ1n) is 7.09. The lowest BCUT2D eigenvalue weighted by Crippen LogP contribution is -2.36. The third-order valence-electron chi connectivity index (χ3n) is 3.77. The topological polar surface area (TPSA) is 80.5 Å². The molecule has 1 aliphatic rings. The van der Waals surface area contributed by atoms with E-state index in [0.29, 0.717) is 13.0 Å². The van der Waals surface area contributed by atoms with Gasteiger partial charge in [0.2, 0.25) is 0 Å². The molecule has 0 amide bonds.